The van der Waals surface area contributed by atoms with E-state index in [1.807, 2.05) is 19.1 Å². The molecule has 0 radical (unpaired) electrons. The first-order valence-corrected chi connectivity index (χ1v) is 5.31. The SMILES string of the molecule is C/C=C/C=C\C(=C/C)c1ccccc1C. The molecule has 0 aliphatic heterocycles. The lowest BCUT2D eigenvalue weighted by Gasteiger charge is -2.05. The zero-order valence-corrected chi connectivity index (χ0v) is 9.70. The lowest BCUT2D eigenvalue weighted by molar-refractivity contribution is 1.42. The Labute approximate surface area is 92.6 Å². The van der Waals surface area contributed by atoms with Gasteiger partial charge in [-0.05, 0) is 37.5 Å². The summed E-state index contributed by atoms with van der Waals surface area (Å²) in [5.41, 5.74) is 3.89. The van der Waals surface area contributed by atoms with Gasteiger partial charge >= 0.3 is 0 Å². The van der Waals surface area contributed by atoms with Gasteiger partial charge in [0.25, 0.3) is 0 Å². The fraction of sp³-hybridized carbons (Fsp3) is 0.200. The maximum Gasteiger partial charge on any atom is -0.0158 e. The second kappa shape index (κ2) is 6.02. The summed E-state index contributed by atoms with van der Waals surface area (Å²) in [6, 6.07) is 8.45. The smallest absolute Gasteiger partial charge is 0.0158 e. The van der Waals surface area contributed by atoms with Crippen LogP contribution in [0.2, 0.25) is 0 Å². The van der Waals surface area contributed by atoms with Gasteiger partial charge in [0.15, 0.2) is 0 Å². The Morgan fingerprint density at radius 1 is 1.07 bits per heavy atom. The van der Waals surface area contributed by atoms with Gasteiger partial charge in [-0.3, -0.25) is 0 Å². The van der Waals surface area contributed by atoms with Crippen LogP contribution in [0.1, 0.15) is 25.0 Å². The number of hydrogen-bond donors (Lipinski definition) is 0. The molecule has 0 spiro atoms. The highest BCUT2D eigenvalue weighted by molar-refractivity contribution is 5.75. The van der Waals surface area contributed by atoms with Crippen LogP contribution < -0.4 is 0 Å². The zero-order valence-electron chi connectivity index (χ0n) is 9.70. The lowest BCUT2D eigenvalue weighted by atomic mass is 10.00. The Balaban J connectivity index is 2.99. The van der Waals surface area contributed by atoms with Crippen LogP contribution in [0.5, 0.6) is 0 Å². The second-order valence-corrected chi connectivity index (χ2v) is 3.44. The first-order valence-electron chi connectivity index (χ1n) is 5.31. The summed E-state index contributed by atoms with van der Waals surface area (Å²) in [6.07, 6.45) is 10.4. The Bertz CT molecular complexity index is 392. The van der Waals surface area contributed by atoms with Crippen LogP contribution in [-0.2, 0) is 0 Å². The van der Waals surface area contributed by atoms with Gasteiger partial charge in [0.05, 0.1) is 0 Å². The Morgan fingerprint density at radius 2 is 1.80 bits per heavy atom. The standard InChI is InChI=1S/C15H18/c1-4-6-7-11-14(5-2)15-12-9-8-10-13(15)3/h4-12H,1-3H3/b6-4+,11-7-,14-5+. The summed E-state index contributed by atoms with van der Waals surface area (Å²) >= 11 is 0. The van der Waals surface area contributed by atoms with Crippen molar-refractivity contribution >= 4 is 5.57 Å². The van der Waals surface area contributed by atoms with Gasteiger partial charge in [0.2, 0.25) is 0 Å². The Morgan fingerprint density at radius 3 is 2.40 bits per heavy atom. The molecule has 1 aromatic rings. The Hall–Kier alpha value is -1.56. The van der Waals surface area contributed by atoms with Gasteiger partial charge in [-0.15, -0.1) is 0 Å². The van der Waals surface area contributed by atoms with Crippen LogP contribution in [0.25, 0.3) is 5.57 Å². The van der Waals surface area contributed by atoms with Crippen molar-refractivity contribution in [1.82, 2.24) is 0 Å². The highest BCUT2D eigenvalue weighted by Crippen LogP contribution is 2.19. The summed E-state index contributed by atoms with van der Waals surface area (Å²) in [6.45, 7) is 6.23. The maximum absolute atomic E-state index is 2.16. The van der Waals surface area contributed by atoms with Gasteiger partial charge in [-0.25, -0.2) is 0 Å². The second-order valence-electron chi connectivity index (χ2n) is 3.44. The molecule has 78 valence electrons. The van der Waals surface area contributed by atoms with Gasteiger partial charge < -0.3 is 0 Å². The molecule has 0 heterocycles. The predicted molar refractivity (Wildman–Crippen MR) is 68.8 cm³/mol. The van der Waals surface area contributed by atoms with E-state index in [1.54, 1.807) is 0 Å². The first-order chi connectivity index (χ1) is 7.29. The molecule has 0 unspecified atom stereocenters. The molecule has 0 saturated heterocycles. The molecule has 0 N–H and O–H groups in total. The highest BCUT2D eigenvalue weighted by Gasteiger charge is 1.98. The number of hydrogen-bond acceptors (Lipinski definition) is 0. The number of allylic oxidation sites excluding steroid dienone is 6. The fourth-order valence-corrected chi connectivity index (χ4v) is 1.51. The number of benzene rings is 1. The van der Waals surface area contributed by atoms with Crippen molar-refractivity contribution in [3.8, 4) is 0 Å². The molecule has 1 aromatic carbocycles. The zero-order chi connectivity index (χ0) is 11.1. The molecule has 0 heteroatoms. The van der Waals surface area contributed by atoms with Gasteiger partial charge in [-0.2, -0.15) is 0 Å². The topological polar surface area (TPSA) is 0 Å². The van der Waals surface area contributed by atoms with Crippen LogP contribution in [0.3, 0.4) is 0 Å². The van der Waals surface area contributed by atoms with Crippen molar-refractivity contribution in [1.29, 1.82) is 0 Å². The van der Waals surface area contributed by atoms with Crippen molar-refractivity contribution in [2.24, 2.45) is 0 Å². The Kier molecular flexibility index (Phi) is 4.62. The molecular formula is C15H18. The van der Waals surface area contributed by atoms with E-state index in [4.69, 9.17) is 0 Å². The number of rotatable bonds is 3. The van der Waals surface area contributed by atoms with Crippen molar-refractivity contribution in [2.45, 2.75) is 20.8 Å². The minimum Gasteiger partial charge on any atom is -0.0877 e. The molecule has 0 atom stereocenters. The van der Waals surface area contributed by atoms with E-state index in [2.05, 4.69) is 56.3 Å². The quantitative estimate of drug-likeness (QED) is 0.626. The van der Waals surface area contributed by atoms with Crippen LogP contribution in [0.15, 0.2) is 54.6 Å². The normalized spacial score (nSPS) is 12.9. The maximum atomic E-state index is 2.16. The van der Waals surface area contributed by atoms with Crippen LogP contribution >= 0.6 is 0 Å². The van der Waals surface area contributed by atoms with Crippen molar-refractivity contribution in [3.05, 3.63) is 65.8 Å². The van der Waals surface area contributed by atoms with Crippen LogP contribution in [-0.4, -0.2) is 0 Å². The molecule has 0 bridgehead atoms. The van der Waals surface area contributed by atoms with E-state index in [1.165, 1.54) is 16.7 Å². The third-order valence-corrected chi connectivity index (χ3v) is 2.35. The van der Waals surface area contributed by atoms with E-state index in [-0.39, 0.29) is 0 Å². The van der Waals surface area contributed by atoms with Gasteiger partial charge in [-0.1, -0.05) is 54.6 Å². The third-order valence-electron chi connectivity index (χ3n) is 2.35. The molecule has 0 saturated carbocycles. The third kappa shape index (κ3) is 3.25. The van der Waals surface area contributed by atoms with Crippen LogP contribution in [0, 0.1) is 6.92 Å². The first kappa shape index (κ1) is 11.5. The highest BCUT2D eigenvalue weighted by atomic mass is 14.0. The minimum atomic E-state index is 1.27. The average Bonchev–Trinajstić information content (AvgIpc) is 2.26. The molecule has 1 rings (SSSR count). The minimum absolute atomic E-state index is 1.27. The van der Waals surface area contributed by atoms with Gasteiger partial charge in [0, 0.05) is 0 Å². The van der Waals surface area contributed by atoms with E-state index >= 15 is 0 Å². The van der Waals surface area contributed by atoms with E-state index in [0.29, 0.717) is 0 Å². The summed E-state index contributed by atoms with van der Waals surface area (Å²) < 4.78 is 0. The monoisotopic (exact) mass is 198 g/mol. The van der Waals surface area contributed by atoms with E-state index < -0.39 is 0 Å². The molecule has 0 nitrogen and oxygen atoms in total. The van der Waals surface area contributed by atoms with E-state index in [9.17, 15) is 0 Å². The lowest BCUT2D eigenvalue weighted by Crippen LogP contribution is -1.84. The molecule has 0 aliphatic carbocycles. The van der Waals surface area contributed by atoms with Gasteiger partial charge in [0.1, 0.15) is 0 Å². The summed E-state index contributed by atoms with van der Waals surface area (Å²) in [4.78, 5) is 0. The molecule has 0 fully saturated rings. The van der Waals surface area contributed by atoms with Crippen molar-refractivity contribution in [2.75, 3.05) is 0 Å². The molecule has 0 amide bonds. The summed E-state index contributed by atoms with van der Waals surface area (Å²) in [7, 11) is 0. The largest absolute Gasteiger partial charge is 0.0877 e. The van der Waals surface area contributed by atoms with Crippen molar-refractivity contribution in [3.63, 3.8) is 0 Å². The summed E-state index contributed by atoms with van der Waals surface area (Å²) in [5, 5.41) is 0. The van der Waals surface area contributed by atoms with Crippen LogP contribution in [0.4, 0.5) is 0 Å². The van der Waals surface area contributed by atoms with Crippen molar-refractivity contribution < 1.29 is 0 Å². The average molecular weight is 198 g/mol. The molecule has 0 aliphatic rings. The molecule has 0 aromatic heterocycles. The fourth-order valence-electron chi connectivity index (χ4n) is 1.51. The summed E-state index contributed by atoms with van der Waals surface area (Å²) in [5.74, 6) is 0. The molecule has 15 heavy (non-hydrogen) atoms. The van der Waals surface area contributed by atoms with E-state index in [0.717, 1.165) is 0 Å². The predicted octanol–water partition coefficient (Wildman–Crippen LogP) is 4.53. The number of aryl methyl sites for hydroxylation is 1. The molecular weight excluding hydrogens is 180 g/mol.